The van der Waals surface area contributed by atoms with E-state index in [1.54, 1.807) is 60.9 Å². The van der Waals surface area contributed by atoms with Gasteiger partial charge in [0, 0.05) is 49.1 Å². The molecule has 6 nitrogen and oxygen atoms in total. The van der Waals surface area contributed by atoms with Gasteiger partial charge in [-0.2, -0.15) is 0 Å². The number of carbonyl (C=O) groups excluding carboxylic acids is 1. The smallest absolute Gasteiger partial charge is 0.273 e. The van der Waals surface area contributed by atoms with Crippen molar-refractivity contribution in [1.82, 2.24) is 14.5 Å². The van der Waals surface area contributed by atoms with Crippen LogP contribution in [0.2, 0.25) is 10.0 Å². The molecule has 3 aromatic rings. The summed E-state index contributed by atoms with van der Waals surface area (Å²) in [4.78, 5) is 37.1. The fourth-order valence-electron chi connectivity index (χ4n) is 6.18. The minimum atomic E-state index is -0.639. The second-order valence-electron chi connectivity index (χ2n) is 11.6. The van der Waals surface area contributed by atoms with Crippen LogP contribution in [0.1, 0.15) is 78.2 Å². The maximum Gasteiger partial charge on any atom is 0.273 e. The monoisotopic (exact) mass is 620 g/mol. The molecule has 224 valence electrons. The maximum absolute atomic E-state index is 15.9. The second kappa shape index (κ2) is 13.0. The van der Waals surface area contributed by atoms with E-state index in [9.17, 15) is 9.59 Å². The van der Waals surface area contributed by atoms with Gasteiger partial charge in [-0.05, 0) is 91.8 Å². The largest absolute Gasteiger partial charge is 0.338 e. The lowest BCUT2D eigenvalue weighted by Crippen LogP contribution is -2.39. The summed E-state index contributed by atoms with van der Waals surface area (Å²) in [5.74, 6) is -0.0763. The highest BCUT2D eigenvalue weighted by molar-refractivity contribution is 6.31. The number of aromatic nitrogens is 2. The minimum Gasteiger partial charge on any atom is -0.338 e. The normalized spacial score (nSPS) is 22.5. The number of hydrogen-bond donors (Lipinski definition) is 0. The number of carbonyl (C=O) groups is 1. The number of allylic oxidation sites excluding steroid dienone is 2. The molecule has 0 N–H and O–H groups in total. The fraction of sp³-hybridized carbons (Fsp3) is 0.353. The number of aliphatic imine (C=N–C) groups is 1. The van der Waals surface area contributed by atoms with E-state index in [4.69, 9.17) is 23.2 Å². The van der Waals surface area contributed by atoms with E-state index in [1.807, 2.05) is 19.1 Å². The summed E-state index contributed by atoms with van der Waals surface area (Å²) in [6, 6.07) is 8.58. The number of amides is 1. The van der Waals surface area contributed by atoms with Gasteiger partial charge in [0.05, 0.1) is 16.3 Å². The molecule has 2 aliphatic rings. The Bertz CT molecular complexity index is 1700. The molecule has 0 spiro atoms. The van der Waals surface area contributed by atoms with Crippen molar-refractivity contribution in [3.05, 3.63) is 115 Å². The first-order valence-electron chi connectivity index (χ1n) is 14.6. The number of aryl methyl sites for hydroxylation is 1. The number of likely N-dealkylation sites (tertiary alicyclic amines) is 1. The third kappa shape index (κ3) is 6.38. The summed E-state index contributed by atoms with van der Waals surface area (Å²) in [7, 11) is 0. The van der Waals surface area contributed by atoms with Crippen LogP contribution in [-0.4, -0.2) is 39.2 Å². The Hall–Kier alpha value is -3.55. The van der Waals surface area contributed by atoms with Gasteiger partial charge in [-0.1, -0.05) is 49.2 Å². The molecular weight excluding hydrogens is 586 g/mol. The molecule has 5 rings (SSSR count). The van der Waals surface area contributed by atoms with Gasteiger partial charge in [0.25, 0.3) is 11.5 Å². The zero-order chi connectivity index (χ0) is 30.8. The van der Waals surface area contributed by atoms with Gasteiger partial charge in [0.2, 0.25) is 0 Å². The molecule has 43 heavy (non-hydrogen) atoms. The molecular formula is C34H35Cl2FN4O2. The fourth-order valence-corrected chi connectivity index (χ4v) is 6.63. The second-order valence-corrected chi connectivity index (χ2v) is 12.4. The van der Waals surface area contributed by atoms with Crippen LogP contribution in [0.25, 0.3) is 6.20 Å². The van der Waals surface area contributed by atoms with Crippen LogP contribution in [-0.2, 0) is 0 Å². The van der Waals surface area contributed by atoms with E-state index in [2.05, 4.69) is 23.8 Å². The average Bonchev–Trinajstić information content (AvgIpc) is 3.66. The average molecular weight is 622 g/mol. The predicted octanol–water partition coefficient (Wildman–Crippen LogP) is 7.88. The first-order valence-corrected chi connectivity index (χ1v) is 15.3. The molecule has 1 saturated heterocycles. The summed E-state index contributed by atoms with van der Waals surface area (Å²) in [5.41, 5.74) is 2.57. The first-order chi connectivity index (χ1) is 20.6. The van der Waals surface area contributed by atoms with Gasteiger partial charge in [0.15, 0.2) is 0 Å². The van der Waals surface area contributed by atoms with Crippen molar-refractivity contribution in [2.45, 2.75) is 52.4 Å². The van der Waals surface area contributed by atoms with Crippen LogP contribution in [0.15, 0.2) is 70.9 Å². The van der Waals surface area contributed by atoms with Crippen molar-refractivity contribution in [3.63, 3.8) is 0 Å². The maximum atomic E-state index is 15.9. The highest BCUT2D eigenvalue weighted by Crippen LogP contribution is 2.61. The third-order valence-corrected chi connectivity index (χ3v) is 9.03. The Morgan fingerprint density at radius 1 is 1.14 bits per heavy atom. The molecule has 4 atom stereocenters. The predicted molar refractivity (Wildman–Crippen MR) is 172 cm³/mol. The van der Waals surface area contributed by atoms with Crippen molar-refractivity contribution >= 4 is 41.0 Å². The molecule has 1 aromatic carbocycles. The number of pyridine rings is 2. The highest BCUT2D eigenvalue weighted by atomic mass is 35.5. The Kier molecular flexibility index (Phi) is 9.33. The van der Waals surface area contributed by atoms with Gasteiger partial charge in [0.1, 0.15) is 10.8 Å². The van der Waals surface area contributed by atoms with Crippen LogP contribution >= 0.6 is 23.2 Å². The minimum absolute atomic E-state index is 0.0110. The zero-order valence-electron chi connectivity index (χ0n) is 24.7. The van der Waals surface area contributed by atoms with Crippen LogP contribution in [0.4, 0.5) is 4.39 Å². The molecule has 2 aromatic heterocycles. The molecule has 1 amide bonds. The van der Waals surface area contributed by atoms with E-state index in [0.29, 0.717) is 29.7 Å². The number of halogens is 3. The number of nitrogens with zero attached hydrogens (tertiary/aromatic N) is 4. The van der Waals surface area contributed by atoms with Gasteiger partial charge in [-0.15, -0.1) is 0 Å². The topological polar surface area (TPSA) is 67.6 Å². The van der Waals surface area contributed by atoms with Crippen molar-refractivity contribution in [3.8, 4) is 0 Å². The molecule has 0 bridgehead atoms. The molecule has 2 fully saturated rings. The van der Waals surface area contributed by atoms with E-state index in [-0.39, 0.29) is 51.1 Å². The highest BCUT2D eigenvalue weighted by Gasteiger charge is 2.50. The van der Waals surface area contributed by atoms with Crippen LogP contribution in [0.5, 0.6) is 0 Å². The van der Waals surface area contributed by atoms with Gasteiger partial charge < -0.3 is 4.90 Å². The lowest BCUT2D eigenvalue weighted by Gasteiger charge is -2.31. The molecule has 1 aliphatic heterocycles. The number of piperidine rings is 1. The number of rotatable bonds is 7. The Labute approximate surface area is 261 Å². The Morgan fingerprint density at radius 3 is 2.63 bits per heavy atom. The molecule has 1 saturated carbocycles. The quantitative estimate of drug-likeness (QED) is 0.252. The van der Waals surface area contributed by atoms with E-state index in [0.717, 1.165) is 24.0 Å². The van der Waals surface area contributed by atoms with Crippen molar-refractivity contribution < 1.29 is 9.18 Å². The molecule has 3 heterocycles. The summed E-state index contributed by atoms with van der Waals surface area (Å²) in [5, 5.41) is 0.715. The lowest BCUT2D eigenvalue weighted by atomic mass is 9.98. The molecule has 1 aliphatic carbocycles. The standard InChI is InChI=1S/C34H35Cl2FN4O2/c1-5-12-39-28(25-9-6-10-26(32(25)37)33(42)40-13-7-8-20(2)19-40)11-14-41-21(3)15-27(31(36)34(41)43)30-22(4)29(30)23-16-24(35)18-38-17-23/h5-6,9-12,14-18,20,22,29-30H,7-8,13,19H2,1-4H3/b12-5+,14-11+,39-28-. The van der Waals surface area contributed by atoms with Crippen molar-refractivity contribution in [2.24, 2.45) is 16.8 Å². The summed E-state index contributed by atoms with van der Waals surface area (Å²) in [6.07, 6.45) is 11.7. The SMILES string of the molecule is C/C=C/N=C(/C=C/n1c(C)cc(C2C(C)C2c2cncc(Cl)c2)c(Cl)c1=O)c1cccc(C(=O)N2CCCC(C)C2)c1F. The number of benzene rings is 1. The summed E-state index contributed by atoms with van der Waals surface area (Å²) < 4.78 is 17.3. The Balaban J connectivity index is 1.46. The first kappa shape index (κ1) is 30.9. The molecule has 0 radical (unpaired) electrons. The van der Waals surface area contributed by atoms with E-state index < -0.39 is 5.82 Å². The summed E-state index contributed by atoms with van der Waals surface area (Å²) >= 11 is 12.8. The third-order valence-electron chi connectivity index (χ3n) is 8.45. The van der Waals surface area contributed by atoms with Gasteiger partial charge in [-0.3, -0.25) is 24.1 Å². The van der Waals surface area contributed by atoms with Crippen molar-refractivity contribution in [1.29, 1.82) is 0 Å². The van der Waals surface area contributed by atoms with Crippen LogP contribution in [0, 0.1) is 24.6 Å². The van der Waals surface area contributed by atoms with Crippen LogP contribution in [0.3, 0.4) is 0 Å². The summed E-state index contributed by atoms with van der Waals surface area (Å²) in [6.45, 7) is 9.07. The van der Waals surface area contributed by atoms with E-state index >= 15 is 4.39 Å². The van der Waals surface area contributed by atoms with Gasteiger partial charge >= 0.3 is 0 Å². The van der Waals surface area contributed by atoms with E-state index in [1.165, 1.54) is 10.6 Å². The Morgan fingerprint density at radius 2 is 1.91 bits per heavy atom. The van der Waals surface area contributed by atoms with Crippen molar-refractivity contribution in [2.75, 3.05) is 13.1 Å². The molecule has 9 heteroatoms. The zero-order valence-corrected chi connectivity index (χ0v) is 26.2. The number of hydrogen-bond acceptors (Lipinski definition) is 4. The van der Waals surface area contributed by atoms with Crippen LogP contribution < -0.4 is 5.56 Å². The lowest BCUT2D eigenvalue weighted by molar-refractivity contribution is 0.0678. The molecule has 4 unspecified atom stereocenters. The van der Waals surface area contributed by atoms with Gasteiger partial charge in [-0.25, -0.2) is 4.39 Å².